The molecule has 0 saturated heterocycles. The third-order valence-corrected chi connectivity index (χ3v) is 3.36. The smallest absolute Gasteiger partial charge is 0.159 e. The van der Waals surface area contributed by atoms with Crippen molar-refractivity contribution in [3.8, 4) is 11.4 Å². The molecular weight excluding hydrogens is 260 g/mol. The third-order valence-electron chi connectivity index (χ3n) is 3.36. The molecule has 0 aliphatic rings. The van der Waals surface area contributed by atoms with Crippen LogP contribution in [0.25, 0.3) is 11.4 Å². The monoisotopic (exact) mass is 278 g/mol. The highest BCUT2D eigenvalue weighted by Crippen LogP contribution is 2.15. The number of nitrogens with zero attached hydrogens (tertiary/aromatic N) is 3. The standard InChI is InChI=1S/C17H18N4/c1-2-21-9-8-14(13-21)10-18-16-11-19-17(20-12-16)15-6-4-3-5-7-15/h3-9,11-13,18H,2,10H2,1H3. The van der Waals surface area contributed by atoms with Gasteiger partial charge >= 0.3 is 0 Å². The molecule has 0 fully saturated rings. The Balaban J connectivity index is 1.64. The van der Waals surface area contributed by atoms with E-state index in [2.05, 4.69) is 45.2 Å². The van der Waals surface area contributed by atoms with Gasteiger partial charge in [0.05, 0.1) is 18.1 Å². The van der Waals surface area contributed by atoms with Crippen molar-refractivity contribution in [2.24, 2.45) is 0 Å². The summed E-state index contributed by atoms with van der Waals surface area (Å²) >= 11 is 0. The molecule has 4 nitrogen and oxygen atoms in total. The molecule has 0 bridgehead atoms. The molecule has 21 heavy (non-hydrogen) atoms. The molecule has 2 heterocycles. The van der Waals surface area contributed by atoms with Gasteiger partial charge in [-0.15, -0.1) is 0 Å². The Morgan fingerprint density at radius 3 is 2.48 bits per heavy atom. The molecule has 0 amide bonds. The van der Waals surface area contributed by atoms with Crippen molar-refractivity contribution in [2.75, 3.05) is 5.32 Å². The lowest BCUT2D eigenvalue weighted by molar-refractivity contribution is 0.766. The highest BCUT2D eigenvalue weighted by Gasteiger charge is 2.01. The van der Waals surface area contributed by atoms with E-state index < -0.39 is 0 Å². The Morgan fingerprint density at radius 2 is 1.81 bits per heavy atom. The van der Waals surface area contributed by atoms with Gasteiger partial charge in [0.15, 0.2) is 5.82 Å². The molecule has 3 rings (SSSR count). The molecule has 106 valence electrons. The van der Waals surface area contributed by atoms with Gasteiger partial charge in [0.25, 0.3) is 0 Å². The van der Waals surface area contributed by atoms with Crippen molar-refractivity contribution in [1.82, 2.24) is 14.5 Å². The molecule has 0 saturated carbocycles. The van der Waals surface area contributed by atoms with Crippen LogP contribution in [0.1, 0.15) is 12.5 Å². The van der Waals surface area contributed by atoms with E-state index in [-0.39, 0.29) is 0 Å². The molecule has 3 aromatic rings. The first-order chi connectivity index (χ1) is 10.3. The SMILES string of the molecule is CCn1ccc(CNc2cnc(-c3ccccc3)nc2)c1. The maximum Gasteiger partial charge on any atom is 0.159 e. The van der Waals surface area contributed by atoms with Gasteiger partial charge in [-0.1, -0.05) is 30.3 Å². The zero-order valence-electron chi connectivity index (χ0n) is 12.0. The first kappa shape index (κ1) is 13.4. The van der Waals surface area contributed by atoms with E-state index in [1.54, 1.807) is 0 Å². The Bertz CT molecular complexity index is 686. The quantitative estimate of drug-likeness (QED) is 0.775. The summed E-state index contributed by atoms with van der Waals surface area (Å²) in [4.78, 5) is 8.81. The molecule has 1 aromatic carbocycles. The highest BCUT2D eigenvalue weighted by atomic mass is 15.0. The second-order valence-electron chi connectivity index (χ2n) is 4.87. The summed E-state index contributed by atoms with van der Waals surface area (Å²) in [6.45, 7) is 3.91. The lowest BCUT2D eigenvalue weighted by Crippen LogP contribution is -2.00. The summed E-state index contributed by atoms with van der Waals surface area (Å²) in [5, 5.41) is 3.34. The normalized spacial score (nSPS) is 10.5. The molecule has 0 unspecified atom stereocenters. The van der Waals surface area contributed by atoms with Crippen molar-refractivity contribution in [1.29, 1.82) is 0 Å². The topological polar surface area (TPSA) is 42.7 Å². The van der Waals surface area contributed by atoms with Crippen LogP contribution in [0.4, 0.5) is 5.69 Å². The second-order valence-corrected chi connectivity index (χ2v) is 4.87. The van der Waals surface area contributed by atoms with Gasteiger partial charge in [0.2, 0.25) is 0 Å². The summed E-state index contributed by atoms with van der Waals surface area (Å²) in [7, 11) is 0. The lowest BCUT2D eigenvalue weighted by Gasteiger charge is -2.05. The molecule has 0 spiro atoms. The summed E-state index contributed by atoms with van der Waals surface area (Å²) in [5.41, 5.74) is 3.21. The van der Waals surface area contributed by atoms with Crippen molar-refractivity contribution in [3.63, 3.8) is 0 Å². The van der Waals surface area contributed by atoms with Crippen LogP contribution in [-0.2, 0) is 13.1 Å². The average molecular weight is 278 g/mol. The minimum absolute atomic E-state index is 0.748. The molecule has 4 heteroatoms. The minimum Gasteiger partial charge on any atom is -0.378 e. The molecule has 0 atom stereocenters. The molecular formula is C17H18N4. The predicted octanol–water partition coefficient (Wildman–Crippen LogP) is 3.58. The number of benzene rings is 1. The molecule has 0 radical (unpaired) electrons. The van der Waals surface area contributed by atoms with Gasteiger partial charge in [-0.3, -0.25) is 0 Å². The molecule has 0 aliphatic carbocycles. The van der Waals surface area contributed by atoms with Gasteiger partial charge in [-0.25, -0.2) is 9.97 Å². The summed E-state index contributed by atoms with van der Waals surface area (Å²) in [6.07, 6.45) is 7.89. The zero-order valence-corrected chi connectivity index (χ0v) is 12.0. The fourth-order valence-corrected chi connectivity index (χ4v) is 2.15. The number of aryl methyl sites for hydroxylation is 1. The van der Waals surface area contributed by atoms with Crippen molar-refractivity contribution < 1.29 is 0 Å². The Labute approximate surface area is 124 Å². The third kappa shape index (κ3) is 3.28. The Kier molecular flexibility index (Phi) is 3.96. The van der Waals surface area contributed by atoms with Crippen LogP contribution in [0, 0.1) is 0 Å². The van der Waals surface area contributed by atoms with Crippen LogP contribution in [-0.4, -0.2) is 14.5 Å². The van der Waals surface area contributed by atoms with E-state index in [1.807, 2.05) is 42.7 Å². The summed E-state index contributed by atoms with van der Waals surface area (Å²) < 4.78 is 2.16. The van der Waals surface area contributed by atoms with Crippen LogP contribution in [0.5, 0.6) is 0 Å². The van der Waals surface area contributed by atoms with E-state index in [4.69, 9.17) is 0 Å². The lowest BCUT2D eigenvalue weighted by atomic mass is 10.2. The first-order valence-corrected chi connectivity index (χ1v) is 7.11. The van der Waals surface area contributed by atoms with E-state index in [0.717, 1.165) is 30.2 Å². The van der Waals surface area contributed by atoms with Crippen LogP contribution in [0.15, 0.2) is 61.2 Å². The van der Waals surface area contributed by atoms with Crippen LogP contribution < -0.4 is 5.32 Å². The van der Waals surface area contributed by atoms with Crippen molar-refractivity contribution >= 4 is 5.69 Å². The Hall–Kier alpha value is -2.62. The molecule has 2 aromatic heterocycles. The predicted molar refractivity (Wildman–Crippen MR) is 84.9 cm³/mol. The van der Waals surface area contributed by atoms with Crippen LogP contribution in [0.2, 0.25) is 0 Å². The minimum atomic E-state index is 0.748. The average Bonchev–Trinajstić information content (AvgIpc) is 3.02. The van der Waals surface area contributed by atoms with Gasteiger partial charge in [-0.05, 0) is 18.6 Å². The first-order valence-electron chi connectivity index (χ1n) is 7.11. The Morgan fingerprint density at radius 1 is 1.05 bits per heavy atom. The van der Waals surface area contributed by atoms with Crippen LogP contribution in [0.3, 0.4) is 0 Å². The number of rotatable bonds is 5. The maximum absolute atomic E-state index is 4.40. The summed E-state index contributed by atoms with van der Waals surface area (Å²) in [6, 6.07) is 12.1. The number of aromatic nitrogens is 3. The van der Waals surface area contributed by atoms with Gasteiger partial charge < -0.3 is 9.88 Å². The van der Waals surface area contributed by atoms with Gasteiger partial charge in [0, 0.05) is 31.0 Å². The van der Waals surface area contributed by atoms with Gasteiger partial charge in [0.1, 0.15) is 0 Å². The largest absolute Gasteiger partial charge is 0.378 e. The highest BCUT2D eigenvalue weighted by molar-refractivity contribution is 5.55. The van der Waals surface area contributed by atoms with E-state index in [1.165, 1.54) is 5.56 Å². The summed E-state index contributed by atoms with van der Waals surface area (Å²) in [5.74, 6) is 0.748. The van der Waals surface area contributed by atoms with E-state index >= 15 is 0 Å². The zero-order chi connectivity index (χ0) is 14.5. The fourth-order valence-electron chi connectivity index (χ4n) is 2.15. The number of hydrogen-bond donors (Lipinski definition) is 1. The second kappa shape index (κ2) is 6.22. The molecule has 0 aliphatic heterocycles. The molecule has 1 N–H and O–H groups in total. The fraction of sp³-hybridized carbons (Fsp3) is 0.176. The maximum atomic E-state index is 4.40. The van der Waals surface area contributed by atoms with Crippen molar-refractivity contribution in [3.05, 3.63) is 66.7 Å². The van der Waals surface area contributed by atoms with E-state index in [9.17, 15) is 0 Å². The van der Waals surface area contributed by atoms with Gasteiger partial charge in [-0.2, -0.15) is 0 Å². The number of nitrogens with one attached hydrogen (secondary N) is 1. The van der Waals surface area contributed by atoms with Crippen molar-refractivity contribution in [2.45, 2.75) is 20.0 Å². The van der Waals surface area contributed by atoms with Crippen LogP contribution >= 0.6 is 0 Å². The number of hydrogen-bond acceptors (Lipinski definition) is 3. The number of anilines is 1. The van der Waals surface area contributed by atoms with E-state index in [0.29, 0.717) is 0 Å².